The van der Waals surface area contributed by atoms with Gasteiger partial charge in [-0.25, -0.2) is 0 Å². The van der Waals surface area contributed by atoms with Crippen LogP contribution in [0.4, 0.5) is 0 Å². The normalized spacial score (nSPS) is 36.4. The van der Waals surface area contributed by atoms with E-state index < -0.39 is 0 Å². The lowest BCUT2D eigenvalue weighted by atomic mass is 9.62. The van der Waals surface area contributed by atoms with Gasteiger partial charge < -0.3 is 5.32 Å². The van der Waals surface area contributed by atoms with E-state index in [9.17, 15) is 0 Å². The van der Waals surface area contributed by atoms with Gasteiger partial charge in [-0.15, -0.1) is 0 Å². The van der Waals surface area contributed by atoms with Crippen LogP contribution in [0.15, 0.2) is 30.3 Å². The molecular weight excluding hydrogens is 242 g/mol. The molecule has 2 aliphatic rings. The maximum absolute atomic E-state index is 3.65. The highest BCUT2D eigenvalue weighted by atomic mass is 14.9. The molecule has 1 N–H and O–H groups in total. The molecule has 1 aromatic carbocycles. The minimum atomic E-state index is 0.533. The molecule has 110 valence electrons. The highest BCUT2D eigenvalue weighted by Crippen LogP contribution is 2.59. The standard InChI is InChI=1S/C19H29N/c1-15-12-18(2,3)14-19(15)9-10-20-13-17(19)11-16-7-5-4-6-8-16/h4-8,15,17,20H,9-14H2,1-3H3. The molecule has 1 heterocycles. The van der Waals surface area contributed by atoms with E-state index in [1.807, 2.05) is 0 Å². The summed E-state index contributed by atoms with van der Waals surface area (Å²) < 4.78 is 0. The lowest BCUT2D eigenvalue weighted by Crippen LogP contribution is -2.47. The molecule has 1 heteroatoms. The van der Waals surface area contributed by atoms with Gasteiger partial charge >= 0.3 is 0 Å². The van der Waals surface area contributed by atoms with Crippen molar-refractivity contribution in [1.82, 2.24) is 5.32 Å². The van der Waals surface area contributed by atoms with Crippen LogP contribution in [0.1, 0.15) is 45.6 Å². The van der Waals surface area contributed by atoms with E-state index in [0.29, 0.717) is 10.8 Å². The Labute approximate surface area is 124 Å². The van der Waals surface area contributed by atoms with Crippen molar-refractivity contribution in [2.45, 2.75) is 46.5 Å². The van der Waals surface area contributed by atoms with Crippen LogP contribution in [0.2, 0.25) is 0 Å². The number of nitrogens with one attached hydrogen (secondary N) is 1. The molecule has 0 amide bonds. The quantitative estimate of drug-likeness (QED) is 0.846. The van der Waals surface area contributed by atoms with Crippen LogP contribution in [0.25, 0.3) is 0 Å². The molecule has 3 rings (SSSR count). The van der Waals surface area contributed by atoms with Crippen molar-refractivity contribution in [3.05, 3.63) is 35.9 Å². The number of hydrogen-bond donors (Lipinski definition) is 1. The third kappa shape index (κ3) is 2.53. The first-order valence-electron chi connectivity index (χ1n) is 8.27. The third-order valence-corrected chi connectivity index (χ3v) is 5.94. The first-order valence-corrected chi connectivity index (χ1v) is 8.27. The van der Waals surface area contributed by atoms with Gasteiger partial charge in [0.15, 0.2) is 0 Å². The van der Waals surface area contributed by atoms with Gasteiger partial charge in [0.05, 0.1) is 0 Å². The van der Waals surface area contributed by atoms with Crippen molar-refractivity contribution in [3.8, 4) is 0 Å². The van der Waals surface area contributed by atoms with Crippen LogP contribution in [-0.2, 0) is 6.42 Å². The zero-order valence-corrected chi connectivity index (χ0v) is 13.3. The summed E-state index contributed by atoms with van der Waals surface area (Å²) >= 11 is 0. The number of rotatable bonds is 2. The van der Waals surface area contributed by atoms with E-state index in [1.165, 1.54) is 44.3 Å². The Balaban J connectivity index is 1.84. The molecular formula is C19H29N. The first-order chi connectivity index (χ1) is 9.52. The Kier molecular flexibility index (Phi) is 3.66. The fourth-order valence-electron chi connectivity index (χ4n) is 5.23. The smallest absolute Gasteiger partial charge is 0.00119 e. The lowest BCUT2D eigenvalue weighted by Gasteiger charge is -2.46. The van der Waals surface area contributed by atoms with Crippen LogP contribution in [0, 0.1) is 22.7 Å². The maximum Gasteiger partial charge on any atom is -0.00119 e. The van der Waals surface area contributed by atoms with E-state index in [4.69, 9.17) is 0 Å². The van der Waals surface area contributed by atoms with Crippen molar-refractivity contribution in [3.63, 3.8) is 0 Å². The molecule has 3 unspecified atom stereocenters. The van der Waals surface area contributed by atoms with Crippen LogP contribution in [0.3, 0.4) is 0 Å². The molecule has 1 saturated carbocycles. The van der Waals surface area contributed by atoms with Gasteiger partial charge in [-0.2, -0.15) is 0 Å². The Morgan fingerprint density at radius 3 is 2.60 bits per heavy atom. The lowest BCUT2D eigenvalue weighted by molar-refractivity contribution is 0.0616. The minimum Gasteiger partial charge on any atom is -0.316 e. The van der Waals surface area contributed by atoms with Crippen LogP contribution < -0.4 is 5.32 Å². The molecule has 1 aliphatic heterocycles. The SMILES string of the molecule is CC1CC(C)(C)CC12CCNCC2Cc1ccccc1. The average Bonchev–Trinajstić information content (AvgIpc) is 2.64. The van der Waals surface area contributed by atoms with Gasteiger partial charge in [0.1, 0.15) is 0 Å². The Bertz CT molecular complexity index is 450. The zero-order chi connectivity index (χ0) is 14.2. The van der Waals surface area contributed by atoms with Crippen LogP contribution in [0.5, 0.6) is 0 Å². The van der Waals surface area contributed by atoms with Crippen LogP contribution in [-0.4, -0.2) is 13.1 Å². The molecule has 1 saturated heterocycles. The Hall–Kier alpha value is -0.820. The second kappa shape index (κ2) is 5.18. The molecule has 1 aliphatic carbocycles. The summed E-state index contributed by atoms with van der Waals surface area (Å²) in [5.41, 5.74) is 2.62. The molecule has 1 nitrogen and oxygen atoms in total. The summed E-state index contributed by atoms with van der Waals surface area (Å²) in [5, 5.41) is 3.65. The first kappa shape index (κ1) is 14.1. The van der Waals surface area contributed by atoms with Crippen molar-refractivity contribution in [1.29, 1.82) is 0 Å². The van der Waals surface area contributed by atoms with E-state index in [0.717, 1.165) is 11.8 Å². The molecule has 0 aromatic heterocycles. The second-order valence-corrected chi connectivity index (χ2v) is 8.02. The molecule has 1 spiro atoms. The monoisotopic (exact) mass is 271 g/mol. The summed E-state index contributed by atoms with van der Waals surface area (Å²) in [7, 11) is 0. The third-order valence-electron chi connectivity index (χ3n) is 5.94. The Morgan fingerprint density at radius 1 is 1.20 bits per heavy atom. The second-order valence-electron chi connectivity index (χ2n) is 8.02. The van der Waals surface area contributed by atoms with Gasteiger partial charge in [0.2, 0.25) is 0 Å². The van der Waals surface area contributed by atoms with Gasteiger partial charge in [-0.05, 0) is 67.0 Å². The average molecular weight is 271 g/mol. The molecule has 0 radical (unpaired) electrons. The predicted molar refractivity (Wildman–Crippen MR) is 85.7 cm³/mol. The van der Waals surface area contributed by atoms with Crippen molar-refractivity contribution < 1.29 is 0 Å². The molecule has 0 bridgehead atoms. The summed E-state index contributed by atoms with van der Waals surface area (Å²) in [6, 6.07) is 11.1. The number of benzene rings is 1. The zero-order valence-electron chi connectivity index (χ0n) is 13.3. The fourth-order valence-corrected chi connectivity index (χ4v) is 5.23. The number of hydrogen-bond acceptors (Lipinski definition) is 1. The number of piperidine rings is 1. The molecule has 3 atom stereocenters. The highest BCUT2D eigenvalue weighted by molar-refractivity contribution is 5.17. The van der Waals surface area contributed by atoms with E-state index in [2.05, 4.69) is 56.4 Å². The van der Waals surface area contributed by atoms with Gasteiger partial charge in [0.25, 0.3) is 0 Å². The van der Waals surface area contributed by atoms with E-state index in [1.54, 1.807) is 0 Å². The van der Waals surface area contributed by atoms with Crippen molar-refractivity contribution in [2.24, 2.45) is 22.7 Å². The van der Waals surface area contributed by atoms with E-state index in [-0.39, 0.29) is 0 Å². The molecule has 1 aromatic rings. The van der Waals surface area contributed by atoms with Gasteiger partial charge in [-0.1, -0.05) is 51.1 Å². The maximum atomic E-state index is 3.65. The largest absolute Gasteiger partial charge is 0.316 e. The summed E-state index contributed by atoms with van der Waals surface area (Å²) in [4.78, 5) is 0. The predicted octanol–water partition coefficient (Wildman–Crippen LogP) is 4.28. The fraction of sp³-hybridized carbons (Fsp3) is 0.684. The van der Waals surface area contributed by atoms with Crippen LogP contribution >= 0.6 is 0 Å². The summed E-state index contributed by atoms with van der Waals surface area (Å²) in [6.45, 7) is 9.87. The van der Waals surface area contributed by atoms with Gasteiger partial charge in [-0.3, -0.25) is 0 Å². The summed E-state index contributed by atoms with van der Waals surface area (Å²) in [6.07, 6.45) is 5.43. The Morgan fingerprint density at radius 2 is 1.95 bits per heavy atom. The van der Waals surface area contributed by atoms with E-state index >= 15 is 0 Å². The van der Waals surface area contributed by atoms with Crippen molar-refractivity contribution in [2.75, 3.05) is 13.1 Å². The topological polar surface area (TPSA) is 12.0 Å². The van der Waals surface area contributed by atoms with Crippen molar-refractivity contribution >= 4 is 0 Å². The minimum absolute atomic E-state index is 0.533. The van der Waals surface area contributed by atoms with Gasteiger partial charge in [0, 0.05) is 0 Å². The summed E-state index contributed by atoms with van der Waals surface area (Å²) in [5.74, 6) is 1.67. The highest BCUT2D eigenvalue weighted by Gasteiger charge is 2.52. The molecule has 2 fully saturated rings. The molecule has 20 heavy (non-hydrogen) atoms.